The van der Waals surface area contributed by atoms with Crippen molar-refractivity contribution in [1.82, 2.24) is 0 Å². The molecule has 0 aliphatic carbocycles. The SMILES string of the molecule is CC(C)(C)[Si](C)(C)OCCC/C(=C\C(=O)c1ccccc1)c1ccccc1. The van der Waals surface area contributed by atoms with E-state index in [0.29, 0.717) is 0 Å². The van der Waals surface area contributed by atoms with Crippen LogP contribution in [-0.4, -0.2) is 20.7 Å². The first-order chi connectivity index (χ1) is 12.7. The van der Waals surface area contributed by atoms with E-state index in [9.17, 15) is 4.79 Å². The van der Waals surface area contributed by atoms with Crippen LogP contribution in [0.1, 0.15) is 49.5 Å². The molecular formula is C24H32O2Si. The van der Waals surface area contributed by atoms with Crippen LogP contribution in [0.25, 0.3) is 5.57 Å². The van der Waals surface area contributed by atoms with Crippen LogP contribution in [0.15, 0.2) is 66.7 Å². The Labute approximate surface area is 165 Å². The quantitative estimate of drug-likeness (QED) is 0.219. The van der Waals surface area contributed by atoms with E-state index < -0.39 is 8.32 Å². The van der Waals surface area contributed by atoms with Crippen LogP contribution in [0, 0.1) is 0 Å². The number of allylic oxidation sites excluding steroid dienone is 2. The summed E-state index contributed by atoms with van der Waals surface area (Å²) < 4.78 is 6.30. The van der Waals surface area contributed by atoms with Gasteiger partial charge >= 0.3 is 0 Å². The topological polar surface area (TPSA) is 26.3 Å². The van der Waals surface area contributed by atoms with Crippen molar-refractivity contribution >= 4 is 19.7 Å². The van der Waals surface area contributed by atoms with Crippen molar-refractivity contribution in [2.24, 2.45) is 0 Å². The van der Waals surface area contributed by atoms with Crippen molar-refractivity contribution in [2.75, 3.05) is 6.61 Å². The van der Waals surface area contributed by atoms with Gasteiger partial charge in [0.05, 0.1) is 0 Å². The van der Waals surface area contributed by atoms with Gasteiger partial charge in [-0.05, 0) is 48.2 Å². The van der Waals surface area contributed by atoms with Gasteiger partial charge in [0.1, 0.15) is 0 Å². The highest BCUT2D eigenvalue weighted by molar-refractivity contribution is 6.74. The molecule has 0 spiro atoms. The lowest BCUT2D eigenvalue weighted by molar-refractivity contribution is 0.104. The number of carbonyl (C=O) groups is 1. The molecule has 0 amide bonds. The van der Waals surface area contributed by atoms with Crippen LogP contribution in [0.3, 0.4) is 0 Å². The summed E-state index contributed by atoms with van der Waals surface area (Å²) in [5, 5.41) is 0.217. The summed E-state index contributed by atoms with van der Waals surface area (Å²) in [6.45, 7) is 12.1. The molecule has 2 rings (SSSR count). The van der Waals surface area contributed by atoms with Gasteiger partial charge in [0.15, 0.2) is 14.1 Å². The van der Waals surface area contributed by atoms with Gasteiger partial charge < -0.3 is 4.43 Å². The van der Waals surface area contributed by atoms with Gasteiger partial charge in [-0.1, -0.05) is 81.4 Å². The Hall–Kier alpha value is -1.97. The summed E-state index contributed by atoms with van der Waals surface area (Å²) in [5.74, 6) is 0.0553. The van der Waals surface area contributed by atoms with E-state index in [4.69, 9.17) is 4.43 Å². The van der Waals surface area contributed by atoms with Crippen molar-refractivity contribution in [2.45, 2.75) is 51.7 Å². The van der Waals surface area contributed by atoms with Crippen LogP contribution in [-0.2, 0) is 4.43 Å². The van der Waals surface area contributed by atoms with Gasteiger partial charge in [0.25, 0.3) is 0 Å². The lowest BCUT2D eigenvalue weighted by atomic mass is 9.98. The summed E-state index contributed by atoms with van der Waals surface area (Å²) in [7, 11) is -1.73. The number of rotatable bonds is 8. The highest BCUT2D eigenvalue weighted by Crippen LogP contribution is 2.36. The molecule has 0 saturated carbocycles. The maximum absolute atomic E-state index is 12.7. The Kier molecular flexibility index (Phi) is 7.34. The molecule has 0 atom stereocenters. The molecule has 2 aromatic carbocycles. The minimum absolute atomic E-state index is 0.0553. The van der Waals surface area contributed by atoms with E-state index in [2.05, 4.69) is 46.0 Å². The first kappa shape index (κ1) is 21.3. The molecule has 0 fully saturated rings. The van der Waals surface area contributed by atoms with Gasteiger partial charge in [0, 0.05) is 12.2 Å². The second-order valence-corrected chi connectivity index (χ2v) is 13.3. The zero-order chi connectivity index (χ0) is 19.9. The lowest BCUT2D eigenvalue weighted by Crippen LogP contribution is -2.40. The van der Waals surface area contributed by atoms with E-state index in [1.807, 2.05) is 48.5 Å². The van der Waals surface area contributed by atoms with Gasteiger partial charge in [-0.15, -0.1) is 0 Å². The van der Waals surface area contributed by atoms with Crippen molar-refractivity contribution in [1.29, 1.82) is 0 Å². The van der Waals surface area contributed by atoms with Gasteiger partial charge in [-0.25, -0.2) is 0 Å². The van der Waals surface area contributed by atoms with Crippen LogP contribution in [0.4, 0.5) is 0 Å². The Morgan fingerprint density at radius 1 is 0.926 bits per heavy atom. The Morgan fingerprint density at radius 2 is 1.44 bits per heavy atom. The molecule has 0 N–H and O–H groups in total. The maximum atomic E-state index is 12.7. The maximum Gasteiger partial charge on any atom is 0.191 e. The minimum atomic E-state index is -1.73. The molecule has 0 aliphatic heterocycles. The summed E-state index contributed by atoms with van der Waals surface area (Å²) >= 11 is 0. The molecule has 144 valence electrons. The molecule has 27 heavy (non-hydrogen) atoms. The zero-order valence-corrected chi connectivity index (χ0v) is 18.3. The predicted molar refractivity (Wildman–Crippen MR) is 118 cm³/mol. The molecule has 0 aromatic heterocycles. The molecule has 0 unspecified atom stereocenters. The Morgan fingerprint density at radius 3 is 1.96 bits per heavy atom. The van der Waals surface area contributed by atoms with E-state index in [0.717, 1.165) is 36.1 Å². The third-order valence-corrected chi connectivity index (χ3v) is 9.91. The third-order valence-electron chi connectivity index (χ3n) is 5.37. The molecule has 0 aliphatic rings. The Balaban J connectivity index is 2.08. The van der Waals surface area contributed by atoms with Crippen LogP contribution in [0.5, 0.6) is 0 Å². The van der Waals surface area contributed by atoms with E-state index >= 15 is 0 Å². The van der Waals surface area contributed by atoms with Crippen molar-refractivity contribution in [3.05, 3.63) is 77.9 Å². The van der Waals surface area contributed by atoms with Gasteiger partial charge in [-0.3, -0.25) is 4.79 Å². The lowest BCUT2D eigenvalue weighted by Gasteiger charge is -2.36. The Bertz CT molecular complexity index is 756. The molecule has 0 bridgehead atoms. The first-order valence-electron chi connectivity index (χ1n) is 9.70. The normalized spacial score (nSPS) is 12.9. The summed E-state index contributed by atoms with van der Waals surface area (Å²) in [5.41, 5.74) is 2.90. The van der Waals surface area contributed by atoms with Crippen molar-refractivity contribution in [3.8, 4) is 0 Å². The smallest absolute Gasteiger partial charge is 0.191 e. The highest BCUT2D eigenvalue weighted by Gasteiger charge is 2.36. The average Bonchev–Trinajstić information content (AvgIpc) is 2.64. The zero-order valence-electron chi connectivity index (χ0n) is 17.3. The molecule has 0 radical (unpaired) electrons. The monoisotopic (exact) mass is 380 g/mol. The minimum Gasteiger partial charge on any atom is -0.417 e. The number of carbonyl (C=O) groups excluding carboxylic acids is 1. The molecule has 0 heterocycles. The van der Waals surface area contributed by atoms with Gasteiger partial charge in [-0.2, -0.15) is 0 Å². The number of benzene rings is 2. The fourth-order valence-corrected chi connectivity index (χ4v) is 3.69. The number of hydrogen-bond acceptors (Lipinski definition) is 2. The van der Waals surface area contributed by atoms with Crippen LogP contribution < -0.4 is 0 Å². The average molecular weight is 381 g/mol. The van der Waals surface area contributed by atoms with E-state index in [-0.39, 0.29) is 10.8 Å². The molecule has 2 aromatic rings. The van der Waals surface area contributed by atoms with Crippen molar-refractivity contribution < 1.29 is 9.22 Å². The largest absolute Gasteiger partial charge is 0.417 e. The van der Waals surface area contributed by atoms with E-state index in [1.54, 1.807) is 6.08 Å². The summed E-state index contributed by atoms with van der Waals surface area (Å²) in [6.07, 6.45) is 3.53. The fraction of sp³-hybridized carbons (Fsp3) is 0.375. The predicted octanol–water partition coefficient (Wildman–Crippen LogP) is 6.75. The molecule has 2 nitrogen and oxygen atoms in total. The van der Waals surface area contributed by atoms with E-state index in [1.165, 1.54) is 0 Å². The molecule has 0 saturated heterocycles. The second-order valence-electron chi connectivity index (χ2n) is 8.48. The van der Waals surface area contributed by atoms with Gasteiger partial charge in [0.2, 0.25) is 0 Å². The van der Waals surface area contributed by atoms with Crippen LogP contribution >= 0.6 is 0 Å². The van der Waals surface area contributed by atoms with Crippen LogP contribution in [0.2, 0.25) is 18.1 Å². The number of ketones is 1. The molecule has 3 heteroatoms. The first-order valence-corrected chi connectivity index (χ1v) is 12.6. The third kappa shape index (κ3) is 6.30. The standard InChI is InChI=1S/C24H32O2Si/c1-24(2,3)27(4,5)26-18-12-17-22(20-13-8-6-9-14-20)19-23(25)21-15-10-7-11-16-21/h6-11,13-16,19H,12,17-18H2,1-5H3/b22-19+. The van der Waals surface area contributed by atoms with Crippen molar-refractivity contribution in [3.63, 3.8) is 0 Å². The summed E-state index contributed by atoms with van der Waals surface area (Å²) in [4.78, 5) is 12.7. The summed E-state index contributed by atoms with van der Waals surface area (Å²) in [6, 6.07) is 19.6. The fourth-order valence-electron chi connectivity index (χ4n) is 2.60. The highest BCUT2D eigenvalue weighted by atomic mass is 28.4. The second kappa shape index (κ2) is 9.29. The number of hydrogen-bond donors (Lipinski definition) is 0. The molecular weight excluding hydrogens is 348 g/mol.